The smallest absolute Gasteiger partial charge is 0.309 e. The normalized spacial score (nSPS) is 12.2. The van der Waals surface area contributed by atoms with Crippen molar-refractivity contribution in [2.75, 3.05) is 5.75 Å². The Labute approximate surface area is 121 Å². The van der Waals surface area contributed by atoms with Gasteiger partial charge in [-0.2, -0.15) is 4.98 Å². The van der Waals surface area contributed by atoms with Gasteiger partial charge < -0.3 is 4.57 Å². The van der Waals surface area contributed by atoms with Gasteiger partial charge in [-0.05, 0) is 13.3 Å². The lowest BCUT2D eigenvalue weighted by molar-refractivity contribution is 0.570. The molecule has 0 atom stereocenters. The van der Waals surface area contributed by atoms with E-state index in [0.29, 0.717) is 6.42 Å². The van der Waals surface area contributed by atoms with Gasteiger partial charge in [-0.1, -0.05) is 6.92 Å². The Morgan fingerprint density at radius 2 is 1.71 bits per heavy atom. The highest BCUT2D eigenvalue weighted by Gasteiger charge is 2.26. The minimum Gasteiger partial charge on any atom is -0.309 e. The maximum atomic E-state index is 12.3. The monoisotopic (exact) mass is 314 g/mol. The quantitative estimate of drug-likeness (QED) is 0.767. The van der Waals surface area contributed by atoms with Crippen LogP contribution in [0.25, 0.3) is 11.2 Å². The molecule has 116 valence electrons. The number of nitrogens with zero attached hydrogens (tertiary/aromatic N) is 4. The molecule has 0 aliphatic heterocycles. The van der Waals surface area contributed by atoms with E-state index >= 15 is 0 Å². The Morgan fingerprint density at radius 1 is 1.10 bits per heavy atom. The van der Waals surface area contributed by atoms with Crippen molar-refractivity contribution in [3.63, 3.8) is 0 Å². The highest BCUT2D eigenvalue weighted by atomic mass is 32.2. The fourth-order valence-corrected chi connectivity index (χ4v) is 3.82. The molecule has 0 amide bonds. The SMILES string of the molecule is CCCS(=O)(=O)c1nc2c(c(=O)n(C)c(=O)n2C)n1CC. The van der Waals surface area contributed by atoms with Crippen LogP contribution in [0.15, 0.2) is 14.7 Å². The Morgan fingerprint density at radius 3 is 2.24 bits per heavy atom. The first-order chi connectivity index (χ1) is 9.76. The van der Waals surface area contributed by atoms with E-state index in [1.54, 1.807) is 13.8 Å². The molecular formula is C12H18N4O4S. The third-order valence-corrected chi connectivity index (χ3v) is 5.19. The molecule has 9 heteroatoms. The summed E-state index contributed by atoms with van der Waals surface area (Å²) in [5, 5.41) is -0.153. The van der Waals surface area contributed by atoms with E-state index in [1.807, 2.05) is 0 Å². The predicted molar refractivity (Wildman–Crippen MR) is 78.2 cm³/mol. The second kappa shape index (κ2) is 5.14. The third-order valence-electron chi connectivity index (χ3n) is 3.38. The van der Waals surface area contributed by atoms with Crippen LogP contribution in [-0.2, 0) is 30.5 Å². The molecule has 0 aromatic carbocycles. The van der Waals surface area contributed by atoms with Gasteiger partial charge in [0.25, 0.3) is 5.56 Å². The van der Waals surface area contributed by atoms with Crippen LogP contribution in [0.2, 0.25) is 0 Å². The summed E-state index contributed by atoms with van der Waals surface area (Å²) in [5.41, 5.74) is -0.843. The van der Waals surface area contributed by atoms with E-state index in [0.717, 1.165) is 4.57 Å². The fourth-order valence-electron chi connectivity index (χ4n) is 2.32. The number of aryl methyl sites for hydroxylation is 2. The van der Waals surface area contributed by atoms with Crippen molar-refractivity contribution < 1.29 is 8.42 Å². The van der Waals surface area contributed by atoms with Gasteiger partial charge in [0, 0.05) is 20.6 Å². The Bertz CT molecular complexity index is 917. The minimum absolute atomic E-state index is 0.0510. The zero-order valence-electron chi connectivity index (χ0n) is 12.5. The molecule has 0 radical (unpaired) electrons. The molecular weight excluding hydrogens is 296 g/mol. The largest absolute Gasteiger partial charge is 0.332 e. The molecule has 0 bridgehead atoms. The highest BCUT2D eigenvalue weighted by molar-refractivity contribution is 7.91. The highest BCUT2D eigenvalue weighted by Crippen LogP contribution is 2.17. The minimum atomic E-state index is -3.59. The molecule has 0 fully saturated rings. The third kappa shape index (κ3) is 2.21. The second-order valence-electron chi connectivity index (χ2n) is 4.84. The van der Waals surface area contributed by atoms with Crippen molar-refractivity contribution in [1.82, 2.24) is 18.7 Å². The van der Waals surface area contributed by atoms with Gasteiger partial charge in [0.1, 0.15) is 0 Å². The van der Waals surface area contributed by atoms with Crippen LogP contribution in [0.5, 0.6) is 0 Å². The number of hydrogen-bond acceptors (Lipinski definition) is 5. The Hall–Kier alpha value is -1.90. The van der Waals surface area contributed by atoms with Gasteiger partial charge in [0.15, 0.2) is 11.2 Å². The van der Waals surface area contributed by atoms with E-state index in [-0.39, 0.29) is 28.6 Å². The standard InChI is InChI=1S/C12H18N4O4S/c1-5-7-21(19,20)11-13-9-8(16(11)6-2)10(17)15(4)12(18)14(9)3/h5-7H2,1-4H3. The lowest BCUT2D eigenvalue weighted by atomic mass is 10.5. The molecule has 0 spiro atoms. The first kappa shape index (κ1) is 15.5. The molecule has 0 saturated carbocycles. The molecule has 0 aliphatic carbocycles. The van der Waals surface area contributed by atoms with Gasteiger partial charge >= 0.3 is 5.69 Å². The molecule has 0 saturated heterocycles. The Kier molecular flexibility index (Phi) is 3.79. The molecule has 2 aromatic heterocycles. The number of hydrogen-bond donors (Lipinski definition) is 0. The number of rotatable bonds is 4. The molecule has 2 aromatic rings. The summed E-state index contributed by atoms with van der Waals surface area (Å²) >= 11 is 0. The van der Waals surface area contributed by atoms with Gasteiger partial charge in [0.05, 0.1) is 5.75 Å². The van der Waals surface area contributed by atoms with E-state index in [1.165, 1.54) is 23.2 Å². The van der Waals surface area contributed by atoms with Crippen LogP contribution in [-0.4, -0.2) is 32.9 Å². The van der Waals surface area contributed by atoms with E-state index in [9.17, 15) is 18.0 Å². The first-order valence-electron chi connectivity index (χ1n) is 6.65. The summed E-state index contributed by atoms with van der Waals surface area (Å²) in [5.74, 6) is -0.0510. The number of imidazole rings is 1. The maximum absolute atomic E-state index is 12.3. The zero-order chi connectivity index (χ0) is 15.9. The molecule has 21 heavy (non-hydrogen) atoms. The average molecular weight is 314 g/mol. The van der Waals surface area contributed by atoms with Crippen molar-refractivity contribution in [3.05, 3.63) is 20.8 Å². The van der Waals surface area contributed by atoms with Crippen molar-refractivity contribution in [2.45, 2.75) is 32.0 Å². The van der Waals surface area contributed by atoms with Crippen LogP contribution in [0.3, 0.4) is 0 Å². The summed E-state index contributed by atoms with van der Waals surface area (Å²) in [6, 6.07) is 0. The summed E-state index contributed by atoms with van der Waals surface area (Å²) in [6.45, 7) is 3.77. The van der Waals surface area contributed by atoms with E-state index in [2.05, 4.69) is 4.98 Å². The van der Waals surface area contributed by atoms with Crippen LogP contribution in [0, 0.1) is 0 Å². The maximum Gasteiger partial charge on any atom is 0.332 e. The van der Waals surface area contributed by atoms with Gasteiger partial charge in [-0.25, -0.2) is 13.2 Å². The van der Waals surface area contributed by atoms with Crippen LogP contribution in [0.1, 0.15) is 20.3 Å². The number of sulfone groups is 1. The number of aromatic nitrogens is 4. The molecule has 0 aliphatic rings. The second-order valence-corrected chi connectivity index (χ2v) is 6.84. The lowest BCUT2D eigenvalue weighted by Crippen LogP contribution is -2.37. The van der Waals surface area contributed by atoms with Crippen molar-refractivity contribution in [2.24, 2.45) is 14.1 Å². The van der Waals surface area contributed by atoms with Crippen LogP contribution < -0.4 is 11.2 Å². The molecule has 0 unspecified atom stereocenters. The predicted octanol–water partition coefficient (Wildman–Crippen LogP) is -0.363. The summed E-state index contributed by atoms with van der Waals surface area (Å²) in [7, 11) is -0.762. The van der Waals surface area contributed by atoms with E-state index < -0.39 is 21.1 Å². The van der Waals surface area contributed by atoms with Gasteiger partial charge in [-0.15, -0.1) is 0 Å². The van der Waals surface area contributed by atoms with Crippen LogP contribution in [0.4, 0.5) is 0 Å². The van der Waals surface area contributed by atoms with Gasteiger partial charge in [0.2, 0.25) is 15.0 Å². The fraction of sp³-hybridized carbons (Fsp3) is 0.583. The van der Waals surface area contributed by atoms with Crippen molar-refractivity contribution in [1.29, 1.82) is 0 Å². The molecule has 8 nitrogen and oxygen atoms in total. The van der Waals surface area contributed by atoms with Gasteiger partial charge in [-0.3, -0.25) is 13.9 Å². The topological polar surface area (TPSA) is 96.0 Å². The Balaban J connectivity index is 3.03. The molecule has 2 heterocycles. The average Bonchev–Trinajstić information content (AvgIpc) is 2.83. The number of fused-ring (bicyclic) bond motifs is 1. The lowest BCUT2D eigenvalue weighted by Gasteiger charge is -2.06. The van der Waals surface area contributed by atoms with Crippen molar-refractivity contribution >= 4 is 21.0 Å². The first-order valence-corrected chi connectivity index (χ1v) is 8.30. The zero-order valence-corrected chi connectivity index (χ0v) is 13.3. The van der Waals surface area contributed by atoms with Crippen molar-refractivity contribution in [3.8, 4) is 0 Å². The van der Waals surface area contributed by atoms with E-state index in [4.69, 9.17) is 0 Å². The molecule has 2 rings (SSSR count). The van der Waals surface area contributed by atoms with Crippen LogP contribution >= 0.6 is 0 Å². The summed E-state index contributed by atoms with van der Waals surface area (Å²) < 4.78 is 28.1. The molecule has 0 N–H and O–H groups in total. The summed E-state index contributed by atoms with van der Waals surface area (Å²) in [6.07, 6.45) is 0.451. The summed E-state index contributed by atoms with van der Waals surface area (Å²) in [4.78, 5) is 28.2.